The van der Waals surface area contributed by atoms with Crippen molar-refractivity contribution in [2.24, 2.45) is 11.8 Å². The molecular formula is C36H42BrF3N8O3. The summed E-state index contributed by atoms with van der Waals surface area (Å²) in [7, 11) is 0. The summed E-state index contributed by atoms with van der Waals surface area (Å²) in [5, 5.41) is 7.14. The standard InChI is InChI=1S/C36H42BrF3N8O3/c37-27-18-21(17-26(31(27)41)36(38,39)40)19-29(33(49)46-13-7-23(8-14-46)22-5-11-42-12-6-22)44-34(50)47-15-9-24(10-16-47)48-30-20-43-28-4-2-1-3-25(28)32(30)45-35(48)51/h1-4,17-18,20,22-24,29,42H,5-16,19,41H2,(H,44,50)(H,45,51)/t29-/m1/s1. The number of hydrogen-bond acceptors (Lipinski definition) is 6. The number of para-hydroxylation sites is 1. The summed E-state index contributed by atoms with van der Waals surface area (Å²) in [5.41, 5.74) is 6.51. The van der Waals surface area contributed by atoms with E-state index in [1.54, 1.807) is 20.6 Å². The molecule has 0 spiro atoms. The van der Waals surface area contributed by atoms with E-state index in [2.05, 4.69) is 36.5 Å². The first-order chi connectivity index (χ1) is 24.5. The number of nitrogens with one attached hydrogen (secondary N) is 3. The number of nitrogens with zero attached hydrogens (tertiary/aromatic N) is 4. The smallest absolute Gasteiger partial charge is 0.397 e. The number of rotatable bonds is 6. The number of carbonyl (C=O) groups is 2. The van der Waals surface area contributed by atoms with Crippen molar-refractivity contribution in [1.29, 1.82) is 0 Å². The Bertz CT molecular complexity index is 1980. The van der Waals surface area contributed by atoms with Gasteiger partial charge in [0.15, 0.2) is 0 Å². The molecule has 3 amide bonds. The first kappa shape index (κ1) is 35.3. The number of nitrogens with two attached hydrogens (primary N) is 1. The number of amides is 3. The van der Waals surface area contributed by atoms with Crippen LogP contribution < -0.4 is 22.1 Å². The van der Waals surface area contributed by atoms with Gasteiger partial charge in [0.05, 0.1) is 34.0 Å². The zero-order valence-electron chi connectivity index (χ0n) is 28.1. The molecule has 51 heavy (non-hydrogen) atoms. The molecule has 3 aliphatic rings. The number of halogens is 4. The van der Waals surface area contributed by atoms with Gasteiger partial charge in [-0.1, -0.05) is 18.2 Å². The quantitative estimate of drug-likeness (QED) is 0.193. The third kappa shape index (κ3) is 7.32. The van der Waals surface area contributed by atoms with Gasteiger partial charge in [-0.25, -0.2) is 9.59 Å². The van der Waals surface area contributed by atoms with Crippen LogP contribution in [0.15, 0.2) is 51.9 Å². The highest BCUT2D eigenvalue weighted by atomic mass is 79.9. The fourth-order valence-electron chi connectivity index (χ4n) is 8.24. The second kappa shape index (κ2) is 14.5. The Kier molecular flexibility index (Phi) is 10.0. The first-order valence-electron chi connectivity index (χ1n) is 17.7. The second-order valence-corrected chi connectivity index (χ2v) is 14.9. The van der Waals surface area contributed by atoms with Crippen LogP contribution in [0.2, 0.25) is 0 Å². The molecule has 15 heteroatoms. The zero-order valence-corrected chi connectivity index (χ0v) is 29.7. The van der Waals surface area contributed by atoms with E-state index in [0.29, 0.717) is 56.4 Å². The lowest BCUT2D eigenvalue weighted by Gasteiger charge is -2.39. The average Bonchev–Trinajstić information content (AvgIpc) is 3.48. The summed E-state index contributed by atoms with van der Waals surface area (Å²) in [6.07, 6.45) is 1.80. The SMILES string of the molecule is Nc1c(Br)cc(C[C@@H](NC(=O)N2CCC(n3c(=O)[nH]c4c5ccccc5ncc43)CC2)C(=O)N2CCC(C3CCNCC3)CC2)cc1C(F)(F)F. The van der Waals surface area contributed by atoms with Crippen LogP contribution >= 0.6 is 15.9 Å². The molecule has 0 bridgehead atoms. The van der Waals surface area contributed by atoms with Crippen molar-refractivity contribution < 1.29 is 22.8 Å². The first-order valence-corrected chi connectivity index (χ1v) is 18.4. The van der Waals surface area contributed by atoms with Crippen LogP contribution in [-0.4, -0.2) is 81.6 Å². The molecule has 7 rings (SSSR count). The average molecular weight is 772 g/mol. The Balaban J connectivity index is 1.07. The van der Waals surface area contributed by atoms with Crippen molar-refractivity contribution in [3.05, 3.63) is 68.7 Å². The van der Waals surface area contributed by atoms with E-state index in [0.717, 1.165) is 61.3 Å². The van der Waals surface area contributed by atoms with Gasteiger partial charge in [0.2, 0.25) is 5.91 Å². The number of benzene rings is 2. The fourth-order valence-corrected chi connectivity index (χ4v) is 8.75. The van der Waals surface area contributed by atoms with Crippen LogP contribution in [0, 0.1) is 11.8 Å². The normalized spacial score (nSPS) is 19.1. The number of likely N-dealkylation sites (tertiary alicyclic amines) is 2. The molecule has 0 aliphatic carbocycles. The van der Waals surface area contributed by atoms with Gasteiger partial charge in [-0.2, -0.15) is 13.2 Å². The maximum Gasteiger partial charge on any atom is 0.418 e. The van der Waals surface area contributed by atoms with E-state index in [1.165, 1.54) is 6.07 Å². The molecule has 11 nitrogen and oxygen atoms in total. The van der Waals surface area contributed by atoms with E-state index in [9.17, 15) is 27.6 Å². The molecule has 4 aromatic rings. The van der Waals surface area contributed by atoms with E-state index in [-0.39, 0.29) is 34.1 Å². The maximum absolute atomic E-state index is 14.1. The van der Waals surface area contributed by atoms with Crippen molar-refractivity contribution in [1.82, 2.24) is 35.0 Å². The fraction of sp³-hybridized carbons (Fsp3) is 0.500. The van der Waals surface area contributed by atoms with E-state index < -0.39 is 29.5 Å². The van der Waals surface area contributed by atoms with Gasteiger partial charge >= 0.3 is 17.9 Å². The minimum atomic E-state index is -4.69. The number of aromatic amines is 1. The van der Waals surface area contributed by atoms with Gasteiger partial charge in [-0.05, 0) is 103 Å². The number of nitrogen functional groups attached to an aromatic ring is 1. The molecule has 3 fully saturated rings. The van der Waals surface area contributed by atoms with Gasteiger partial charge in [-0.3, -0.25) is 14.3 Å². The van der Waals surface area contributed by atoms with Crippen molar-refractivity contribution >= 4 is 55.5 Å². The van der Waals surface area contributed by atoms with Crippen molar-refractivity contribution in [3.63, 3.8) is 0 Å². The van der Waals surface area contributed by atoms with Crippen LogP contribution in [0.1, 0.15) is 55.7 Å². The summed E-state index contributed by atoms with van der Waals surface area (Å²) in [4.78, 5) is 51.8. The predicted octanol–water partition coefficient (Wildman–Crippen LogP) is 5.44. The molecule has 2 aromatic carbocycles. The van der Waals surface area contributed by atoms with Crippen molar-refractivity contribution in [2.45, 2.75) is 63.2 Å². The highest BCUT2D eigenvalue weighted by molar-refractivity contribution is 9.10. The van der Waals surface area contributed by atoms with Gasteiger partial charge in [0.25, 0.3) is 0 Å². The molecule has 1 atom stereocenters. The summed E-state index contributed by atoms with van der Waals surface area (Å²) < 4.78 is 43.4. The number of aromatic nitrogens is 3. The van der Waals surface area contributed by atoms with Crippen LogP contribution in [-0.2, 0) is 17.4 Å². The lowest BCUT2D eigenvalue weighted by Crippen LogP contribution is -2.55. The number of urea groups is 1. The molecule has 272 valence electrons. The lowest BCUT2D eigenvalue weighted by molar-refractivity contribution is -0.137. The molecule has 5 N–H and O–H groups in total. The Morgan fingerprint density at radius 3 is 2.35 bits per heavy atom. The van der Waals surface area contributed by atoms with Crippen LogP contribution in [0.25, 0.3) is 21.9 Å². The Morgan fingerprint density at radius 2 is 1.65 bits per heavy atom. The largest absolute Gasteiger partial charge is 0.418 e. The maximum atomic E-state index is 14.1. The van der Waals surface area contributed by atoms with Crippen LogP contribution in [0.3, 0.4) is 0 Å². The highest BCUT2D eigenvalue weighted by Crippen LogP contribution is 2.38. The van der Waals surface area contributed by atoms with E-state index in [4.69, 9.17) is 5.73 Å². The topological polar surface area (TPSA) is 141 Å². The summed E-state index contributed by atoms with van der Waals surface area (Å²) in [6.45, 7) is 3.72. The molecule has 3 saturated heterocycles. The number of pyridine rings is 1. The van der Waals surface area contributed by atoms with Crippen LogP contribution in [0.5, 0.6) is 0 Å². The van der Waals surface area contributed by atoms with Crippen LogP contribution in [0.4, 0.5) is 23.7 Å². The minimum Gasteiger partial charge on any atom is -0.397 e. The Hall–Kier alpha value is -4.11. The number of H-pyrrole nitrogens is 1. The zero-order chi connectivity index (χ0) is 35.9. The number of fused-ring (bicyclic) bond motifs is 3. The molecule has 0 radical (unpaired) electrons. The number of carbonyl (C=O) groups excluding carboxylic acids is 2. The molecule has 3 aliphatic heterocycles. The van der Waals surface area contributed by atoms with Gasteiger partial charge in [0.1, 0.15) is 6.04 Å². The summed E-state index contributed by atoms with van der Waals surface area (Å²) in [5.74, 6) is 0.825. The van der Waals surface area contributed by atoms with Gasteiger partial charge in [0, 0.05) is 48.5 Å². The van der Waals surface area contributed by atoms with Gasteiger partial charge in [-0.15, -0.1) is 0 Å². The van der Waals surface area contributed by atoms with E-state index >= 15 is 0 Å². The minimum absolute atomic E-state index is 0.0745. The summed E-state index contributed by atoms with van der Waals surface area (Å²) >= 11 is 3.15. The number of hydrogen-bond donors (Lipinski definition) is 4. The molecule has 5 heterocycles. The third-order valence-corrected chi connectivity index (χ3v) is 11.7. The highest BCUT2D eigenvalue weighted by Gasteiger charge is 2.37. The lowest BCUT2D eigenvalue weighted by atomic mass is 9.79. The molecular weight excluding hydrogens is 729 g/mol. The van der Waals surface area contributed by atoms with Crippen molar-refractivity contribution in [3.8, 4) is 0 Å². The number of alkyl halides is 3. The number of anilines is 1. The third-order valence-electron chi connectivity index (χ3n) is 11.0. The molecule has 0 saturated carbocycles. The number of imidazole rings is 1. The molecule has 2 aromatic heterocycles. The molecule has 0 unspecified atom stereocenters. The van der Waals surface area contributed by atoms with E-state index in [1.807, 2.05) is 24.3 Å². The monoisotopic (exact) mass is 770 g/mol. The second-order valence-electron chi connectivity index (χ2n) is 14.0. The Morgan fingerprint density at radius 1 is 0.980 bits per heavy atom. The predicted molar refractivity (Wildman–Crippen MR) is 192 cm³/mol. The Labute approximate surface area is 301 Å². The number of piperidine rings is 3. The summed E-state index contributed by atoms with van der Waals surface area (Å²) in [6, 6.07) is 8.29. The van der Waals surface area contributed by atoms with Crippen molar-refractivity contribution in [2.75, 3.05) is 45.0 Å². The van der Waals surface area contributed by atoms with Gasteiger partial charge < -0.3 is 31.2 Å².